The average molecular weight is 325 g/mol. The van der Waals surface area contributed by atoms with Crippen molar-refractivity contribution in [1.29, 1.82) is 0 Å². The van der Waals surface area contributed by atoms with Gasteiger partial charge in [-0.15, -0.1) is 0 Å². The number of carbonyl (C=O) groups is 1. The standard InChI is InChI=1S/C21H24FNO/c22-20-12-10-18(11-13-20)19-8-4-5-15-23(16-19)21(24)14-9-17-6-2-1-3-7-17/h1-3,6-7,10-13,19H,4-5,8-9,14-16H2. The van der Waals surface area contributed by atoms with Crippen molar-refractivity contribution in [3.63, 3.8) is 0 Å². The molecule has 1 aliphatic heterocycles. The van der Waals surface area contributed by atoms with Gasteiger partial charge in [0.05, 0.1) is 0 Å². The molecule has 2 nitrogen and oxygen atoms in total. The molecule has 1 fully saturated rings. The number of halogens is 1. The summed E-state index contributed by atoms with van der Waals surface area (Å²) in [5.74, 6) is 0.338. The Labute approximate surface area is 143 Å². The van der Waals surface area contributed by atoms with E-state index in [-0.39, 0.29) is 11.7 Å². The molecule has 0 saturated carbocycles. The molecule has 1 heterocycles. The van der Waals surface area contributed by atoms with Crippen LogP contribution in [0.15, 0.2) is 54.6 Å². The van der Waals surface area contributed by atoms with E-state index in [0.29, 0.717) is 12.3 Å². The molecule has 0 radical (unpaired) electrons. The number of nitrogens with zero attached hydrogens (tertiary/aromatic N) is 1. The first-order valence-electron chi connectivity index (χ1n) is 8.79. The first-order chi connectivity index (χ1) is 11.7. The molecule has 3 heteroatoms. The molecule has 3 rings (SSSR count). The number of rotatable bonds is 4. The molecule has 0 bridgehead atoms. The maximum atomic E-state index is 13.1. The second-order valence-corrected chi connectivity index (χ2v) is 6.57. The molecule has 1 saturated heterocycles. The maximum Gasteiger partial charge on any atom is 0.222 e. The fourth-order valence-corrected chi connectivity index (χ4v) is 3.43. The second kappa shape index (κ2) is 8.09. The predicted molar refractivity (Wildman–Crippen MR) is 94.3 cm³/mol. The number of aryl methyl sites for hydroxylation is 1. The van der Waals surface area contributed by atoms with Crippen LogP contribution in [-0.4, -0.2) is 23.9 Å². The van der Waals surface area contributed by atoms with Crippen LogP contribution < -0.4 is 0 Å². The highest BCUT2D eigenvalue weighted by Crippen LogP contribution is 2.27. The molecule has 0 N–H and O–H groups in total. The second-order valence-electron chi connectivity index (χ2n) is 6.57. The molecule has 0 aromatic heterocycles. The predicted octanol–water partition coefficient (Wildman–Crippen LogP) is 4.55. The summed E-state index contributed by atoms with van der Waals surface area (Å²) in [5, 5.41) is 0. The lowest BCUT2D eigenvalue weighted by Gasteiger charge is -2.25. The largest absolute Gasteiger partial charge is 0.342 e. The summed E-state index contributed by atoms with van der Waals surface area (Å²) in [6, 6.07) is 16.9. The summed E-state index contributed by atoms with van der Waals surface area (Å²) in [7, 11) is 0. The van der Waals surface area contributed by atoms with E-state index in [9.17, 15) is 9.18 Å². The highest BCUT2D eigenvalue weighted by atomic mass is 19.1. The van der Waals surface area contributed by atoms with E-state index >= 15 is 0 Å². The van der Waals surface area contributed by atoms with Crippen LogP contribution in [0.5, 0.6) is 0 Å². The zero-order chi connectivity index (χ0) is 16.8. The molecule has 126 valence electrons. The average Bonchev–Trinajstić information content (AvgIpc) is 2.87. The minimum Gasteiger partial charge on any atom is -0.342 e. The van der Waals surface area contributed by atoms with Crippen LogP contribution in [0.4, 0.5) is 4.39 Å². The third-order valence-corrected chi connectivity index (χ3v) is 4.84. The molecule has 2 aromatic rings. The Morgan fingerprint density at radius 1 is 1.04 bits per heavy atom. The SMILES string of the molecule is O=C(CCc1ccccc1)N1CCCCC(c2ccc(F)cc2)C1. The van der Waals surface area contributed by atoms with Gasteiger partial charge in [-0.2, -0.15) is 0 Å². The first-order valence-corrected chi connectivity index (χ1v) is 8.79. The van der Waals surface area contributed by atoms with Crippen molar-refractivity contribution in [3.05, 3.63) is 71.5 Å². The van der Waals surface area contributed by atoms with E-state index in [0.717, 1.165) is 44.3 Å². The molecule has 1 aliphatic rings. The molecular weight excluding hydrogens is 301 g/mol. The third-order valence-electron chi connectivity index (χ3n) is 4.84. The highest BCUT2D eigenvalue weighted by molar-refractivity contribution is 5.76. The maximum absolute atomic E-state index is 13.1. The summed E-state index contributed by atoms with van der Waals surface area (Å²) in [6.45, 7) is 1.59. The highest BCUT2D eigenvalue weighted by Gasteiger charge is 2.22. The number of hydrogen-bond acceptors (Lipinski definition) is 1. The van der Waals surface area contributed by atoms with Crippen LogP contribution >= 0.6 is 0 Å². The van der Waals surface area contributed by atoms with Gasteiger partial charge >= 0.3 is 0 Å². The zero-order valence-electron chi connectivity index (χ0n) is 14.0. The summed E-state index contributed by atoms with van der Waals surface area (Å²) in [5.41, 5.74) is 2.34. The summed E-state index contributed by atoms with van der Waals surface area (Å²) < 4.78 is 13.1. The van der Waals surface area contributed by atoms with Gasteiger partial charge < -0.3 is 4.90 Å². The molecule has 1 unspecified atom stereocenters. The van der Waals surface area contributed by atoms with E-state index in [1.165, 1.54) is 17.7 Å². The molecule has 2 aromatic carbocycles. The lowest BCUT2D eigenvalue weighted by Crippen LogP contribution is -2.34. The van der Waals surface area contributed by atoms with Gasteiger partial charge in [0.2, 0.25) is 5.91 Å². The van der Waals surface area contributed by atoms with E-state index in [1.807, 2.05) is 35.2 Å². The van der Waals surface area contributed by atoms with E-state index in [2.05, 4.69) is 12.1 Å². The Kier molecular flexibility index (Phi) is 5.63. The van der Waals surface area contributed by atoms with Crippen molar-refractivity contribution >= 4 is 5.91 Å². The Hall–Kier alpha value is -2.16. The monoisotopic (exact) mass is 325 g/mol. The Morgan fingerprint density at radius 2 is 1.79 bits per heavy atom. The fourth-order valence-electron chi connectivity index (χ4n) is 3.43. The minimum absolute atomic E-state index is 0.205. The van der Waals surface area contributed by atoms with Gasteiger partial charge in [0.15, 0.2) is 0 Å². The van der Waals surface area contributed by atoms with Gasteiger partial charge in [-0.3, -0.25) is 4.79 Å². The first kappa shape index (κ1) is 16.7. The normalized spacial score (nSPS) is 18.2. The van der Waals surface area contributed by atoms with Crippen molar-refractivity contribution < 1.29 is 9.18 Å². The van der Waals surface area contributed by atoms with E-state index in [1.54, 1.807) is 0 Å². The molecular formula is C21H24FNO. The van der Waals surface area contributed by atoms with Crippen LogP contribution in [0.25, 0.3) is 0 Å². The molecule has 0 spiro atoms. The topological polar surface area (TPSA) is 20.3 Å². The summed E-state index contributed by atoms with van der Waals surface area (Å²) in [6.07, 6.45) is 4.57. The smallest absolute Gasteiger partial charge is 0.222 e. The van der Waals surface area contributed by atoms with Gasteiger partial charge in [0.25, 0.3) is 0 Å². The van der Waals surface area contributed by atoms with Crippen molar-refractivity contribution in [2.45, 2.75) is 38.0 Å². The number of amides is 1. The van der Waals surface area contributed by atoms with Crippen LogP contribution in [0.1, 0.15) is 42.7 Å². The van der Waals surface area contributed by atoms with Crippen molar-refractivity contribution in [1.82, 2.24) is 4.90 Å². The van der Waals surface area contributed by atoms with Crippen LogP contribution in [0.3, 0.4) is 0 Å². The van der Waals surface area contributed by atoms with Gasteiger partial charge in [0.1, 0.15) is 5.82 Å². The minimum atomic E-state index is -0.205. The third kappa shape index (κ3) is 4.44. The van der Waals surface area contributed by atoms with Crippen molar-refractivity contribution in [2.24, 2.45) is 0 Å². The molecule has 24 heavy (non-hydrogen) atoms. The Balaban J connectivity index is 1.61. The van der Waals surface area contributed by atoms with Crippen molar-refractivity contribution in [2.75, 3.05) is 13.1 Å². The lowest BCUT2D eigenvalue weighted by molar-refractivity contribution is -0.131. The van der Waals surface area contributed by atoms with Gasteiger partial charge in [0, 0.05) is 25.4 Å². The van der Waals surface area contributed by atoms with E-state index < -0.39 is 0 Å². The fraction of sp³-hybridized carbons (Fsp3) is 0.381. The summed E-state index contributed by atoms with van der Waals surface area (Å²) in [4.78, 5) is 14.6. The van der Waals surface area contributed by atoms with Crippen LogP contribution in [-0.2, 0) is 11.2 Å². The van der Waals surface area contributed by atoms with Crippen molar-refractivity contribution in [3.8, 4) is 0 Å². The Bertz CT molecular complexity index is 653. The van der Waals surface area contributed by atoms with E-state index in [4.69, 9.17) is 0 Å². The zero-order valence-corrected chi connectivity index (χ0v) is 14.0. The van der Waals surface area contributed by atoms with Gasteiger partial charge in [-0.25, -0.2) is 4.39 Å². The number of hydrogen-bond donors (Lipinski definition) is 0. The molecule has 1 atom stereocenters. The lowest BCUT2D eigenvalue weighted by atomic mass is 9.94. The molecule has 0 aliphatic carbocycles. The van der Waals surface area contributed by atoms with Gasteiger partial charge in [-0.05, 0) is 42.5 Å². The van der Waals surface area contributed by atoms with Crippen LogP contribution in [0.2, 0.25) is 0 Å². The Morgan fingerprint density at radius 3 is 2.54 bits per heavy atom. The number of carbonyl (C=O) groups excluding carboxylic acids is 1. The number of benzene rings is 2. The van der Waals surface area contributed by atoms with Crippen LogP contribution in [0, 0.1) is 5.82 Å². The quantitative estimate of drug-likeness (QED) is 0.807. The number of likely N-dealkylation sites (tertiary alicyclic amines) is 1. The molecule has 1 amide bonds. The summed E-state index contributed by atoms with van der Waals surface area (Å²) >= 11 is 0. The van der Waals surface area contributed by atoms with Gasteiger partial charge in [-0.1, -0.05) is 48.9 Å².